The van der Waals surface area contributed by atoms with Gasteiger partial charge in [-0.1, -0.05) is 11.6 Å². The molecule has 0 aliphatic heterocycles. The molecule has 1 amide bonds. The van der Waals surface area contributed by atoms with Gasteiger partial charge in [0.25, 0.3) is 0 Å². The third kappa shape index (κ3) is 4.76. The Hall–Kier alpha value is -2.47. The highest BCUT2D eigenvalue weighted by Crippen LogP contribution is 2.28. The predicted molar refractivity (Wildman–Crippen MR) is 92.7 cm³/mol. The van der Waals surface area contributed by atoms with Gasteiger partial charge in [0.05, 0.1) is 24.9 Å². The summed E-state index contributed by atoms with van der Waals surface area (Å²) in [6.45, 7) is 0.393. The Morgan fingerprint density at radius 3 is 2.62 bits per heavy atom. The van der Waals surface area contributed by atoms with E-state index in [4.69, 9.17) is 21.1 Å². The monoisotopic (exact) mass is 352 g/mol. The van der Waals surface area contributed by atoms with E-state index in [-0.39, 0.29) is 17.4 Å². The fourth-order valence-corrected chi connectivity index (χ4v) is 2.24. The topological polar surface area (TPSA) is 59.6 Å². The largest absolute Gasteiger partial charge is 0.497 e. The zero-order chi connectivity index (χ0) is 17.5. The van der Waals surface area contributed by atoms with Gasteiger partial charge in [0.1, 0.15) is 17.3 Å². The molecular weight excluding hydrogens is 335 g/mol. The van der Waals surface area contributed by atoms with Crippen LogP contribution in [0, 0.1) is 5.82 Å². The summed E-state index contributed by atoms with van der Waals surface area (Å²) < 4.78 is 23.5. The maximum Gasteiger partial charge on any atom is 0.226 e. The first-order chi connectivity index (χ1) is 11.5. The van der Waals surface area contributed by atoms with Gasteiger partial charge in [0.15, 0.2) is 0 Å². The van der Waals surface area contributed by atoms with Gasteiger partial charge < -0.3 is 20.1 Å². The van der Waals surface area contributed by atoms with Gasteiger partial charge in [-0.15, -0.1) is 0 Å². The average Bonchev–Trinajstić information content (AvgIpc) is 2.58. The quantitative estimate of drug-likeness (QED) is 0.792. The number of carbonyl (C=O) groups is 1. The fraction of sp³-hybridized carbons (Fsp3) is 0.235. The van der Waals surface area contributed by atoms with E-state index in [1.54, 1.807) is 32.4 Å². The minimum Gasteiger partial charge on any atom is -0.497 e. The van der Waals surface area contributed by atoms with Crippen LogP contribution in [0.2, 0.25) is 5.02 Å². The van der Waals surface area contributed by atoms with Gasteiger partial charge in [-0.25, -0.2) is 4.39 Å². The highest BCUT2D eigenvalue weighted by atomic mass is 35.5. The maximum absolute atomic E-state index is 13.1. The zero-order valence-electron chi connectivity index (χ0n) is 13.4. The molecular formula is C17H18ClFN2O3. The van der Waals surface area contributed by atoms with Crippen molar-refractivity contribution < 1.29 is 18.7 Å². The highest BCUT2D eigenvalue weighted by molar-refractivity contribution is 6.31. The normalized spacial score (nSPS) is 10.2. The molecule has 0 atom stereocenters. The molecule has 0 unspecified atom stereocenters. The molecule has 0 heterocycles. The number of benzene rings is 2. The van der Waals surface area contributed by atoms with E-state index in [0.717, 1.165) is 5.69 Å². The molecule has 2 aromatic carbocycles. The molecule has 0 fully saturated rings. The summed E-state index contributed by atoms with van der Waals surface area (Å²) in [4.78, 5) is 11.9. The van der Waals surface area contributed by atoms with Crippen molar-refractivity contribution in [3.63, 3.8) is 0 Å². The Morgan fingerprint density at radius 1 is 1.17 bits per heavy atom. The third-order valence-electron chi connectivity index (χ3n) is 3.28. The van der Waals surface area contributed by atoms with Crippen molar-refractivity contribution in [1.82, 2.24) is 0 Å². The standard InChI is InChI=1S/C17H18ClFN2O3/c1-23-12-4-6-16(24-2)15(10-12)20-8-7-17(22)21-11-3-5-14(19)13(18)9-11/h3-6,9-10,20H,7-8H2,1-2H3,(H,21,22). The fourth-order valence-electron chi connectivity index (χ4n) is 2.06. The van der Waals surface area contributed by atoms with Crippen molar-refractivity contribution in [3.05, 3.63) is 47.2 Å². The number of anilines is 2. The number of amides is 1. The summed E-state index contributed by atoms with van der Waals surface area (Å²) in [6.07, 6.45) is 0.218. The number of rotatable bonds is 7. The van der Waals surface area contributed by atoms with Crippen molar-refractivity contribution in [2.24, 2.45) is 0 Å². The number of hydrogen-bond donors (Lipinski definition) is 2. The summed E-state index contributed by atoms with van der Waals surface area (Å²) in [5, 5.41) is 5.75. The first kappa shape index (κ1) is 17.9. The molecule has 0 saturated carbocycles. The van der Waals surface area contributed by atoms with Crippen LogP contribution in [0.1, 0.15) is 6.42 Å². The number of nitrogens with one attached hydrogen (secondary N) is 2. The molecule has 0 aliphatic rings. The summed E-state index contributed by atoms with van der Waals surface area (Å²) in [6, 6.07) is 9.38. The summed E-state index contributed by atoms with van der Waals surface area (Å²) in [7, 11) is 3.14. The number of carbonyl (C=O) groups excluding carboxylic acids is 1. The van der Waals surface area contributed by atoms with Gasteiger partial charge in [-0.2, -0.15) is 0 Å². The van der Waals surface area contributed by atoms with E-state index in [2.05, 4.69) is 10.6 Å². The summed E-state index contributed by atoms with van der Waals surface area (Å²) in [5.74, 6) is 0.596. The SMILES string of the molecule is COc1ccc(OC)c(NCCC(=O)Nc2ccc(F)c(Cl)c2)c1. The Bertz CT molecular complexity index is 725. The molecule has 2 rings (SSSR count). The lowest BCUT2D eigenvalue weighted by Gasteiger charge is -2.12. The first-order valence-electron chi connectivity index (χ1n) is 7.24. The van der Waals surface area contributed by atoms with Crippen LogP contribution >= 0.6 is 11.6 Å². The molecule has 0 radical (unpaired) electrons. The Balaban J connectivity index is 1.89. The molecule has 0 bridgehead atoms. The lowest BCUT2D eigenvalue weighted by molar-refractivity contribution is -0.115. The van der Waals surface area contributed by atoms with Crippen LogP contribution in [0.5, 0.6) is 11.5 Å². The van der Waals surface area contributed by atoms with Gasteiger partial charge in [-0.05, 0) is 30.3 Å². The number of ether oxygens (including phenoxy) is 2. The Morgan fingerprint density at radius 2 is 1.96 bits per heavy atom. The second kappa shape index (κ2) is 8.40. The van der Waals surface area contributed by atoms with Gasteiger partial charge >= 0.3 is 0 Å². The van der Waals surface area contributed by atoms with E-state index in [0.29, 0.717) is 23.7 Å². The number of methoxy groups -OCH3 is 2. The molecule has 0 aliphatic carbocycles. The van der Waals surface area contributed by atoms with Gasteiger partial charge in [0.2, 0.25) is 5.91 Å². The molecule has 5 nitrogen and oxygen atoms in total. The minimum absolute atomic E-state index is 0.0351. The third-order valence-corrected chi connectivity index (χ3v) is 3.57. The van der Waals surface area contributed by atoms with Crippen molar-refractivity contribution in [2.45, 2.75) is 6.42 Å². The maximum atomic E-state index is 13.1. The molecule has 24 heavy (non-hydrogen) atoms. The summed E-state index contributed by atoms with van der Waals surface area (Å²) in [5.41, 5.74) is 1.18. The molecule has 2 aromatic rings. The average molecular weight is 353 g/mol. The van der Waals surface area contributed by atoms with Crippen molar-refractivity contribution >= 4 is 28.9 Å². The van der Waals surface area contributed by atoms with Crippen LogP contribution in [0.25, 0.3) is 0 Å². The number of hydrogen-bond acceptors (Lipinski definition) is 4. The van der Waals surface area contributed by atoms with Crippen LogP contribution in [-0.4, -0.2) is 26.7 Å². The summed E-state index contributed by atoms with van der Waals surface area (Å²) >= 11 is 5.68. The van der Waals surface area contributed by atoms with E-state index in [9.17, 15) is 9.18 Å². The van der Waals surface area contributed by atoms with E-state index in [1.807, 2.05) is 0 Å². The van der Waals surface area contributed by atoms with E-state index < -0.39 is 5.82 Å². The molecule has 0 saturated heterocycles. The van der Waals surface area contributed by atoms with Crippen molar-refractivity contribution in [3.8, 4) is 11.5 Å². The van der Waals surface area contributed by atoms with E-state index in [1.165, 1.54) is 18.2 Å². The second-order valence-electron chi connectivity index (χ2n) is 4.92. The van der Waals surface area contributed by atoms with Gasteiger partial charge in [-0.3, -0.25) is 4.79 Å². The van der Waals surface area contributed by atoms with Crippen LogP contribution in [0.15, 0.2) is 36.4 Å². The van der Waals surface area contributed by atoms with Crippen LogP contribution < -0.4 is 20.1 Å². The first-order valence-corrected chi connectivity index (χ1v) is 7.62. The Kier molecular flexibility index (Phi) is 6.26. The van der Waals surface area contributed by atoms with Crippen LogP contribution in [0.3, 0.4) is 0 Å². The van der Waals surface area contributed by atoms with Crippen LogP contribution in [-0.2, 0) is 4.79 Å². The van der Waals surface area contributed by atoms with Crippen molar-refractivity contribution in [2.75, 3.05) is 31.4 Å². The molecule has 128 valence electrons. The molecule has 7 heteroatoms. The van der Waals surface area contributed by atoms with Crippen LogP contribution in [0.4, 0.5) is 15.8 Å². The lowest BCUT2D eigenvalue weighted by atomic mass is 10.2. The Labute approximate surface area is 144 Å². The molecule has 2 N–H and O–H groups in total. The predicted octanol–water partition coefficient (Wildman–Crippen LogP) is 3.94. The smallest absolute Gasteiger partial charge is 0.226 e. The van der Waals surface area contributed by atoms with Gasteiger partial charge in [0, 0.05) is 24.7 Å². The zero-order valence-corrected chi connectivity index (χ0v) is 14.1. The minimum atomic E-state index is -0.526. The lowest BCUT2D eigenvalue weighted by Crippen LogP contribution is -2.16. The van der Waals surface area contributed by atoms with Crippen molar-refractivity contribution in [1.29, 1.82) is 0 Å². The highest BCUT2D eigenvalue weighted by Gasteiger charge is 2.08. The van der Waals surface area contributed by atoms with E-state index >= 15 is 0 Å². The number of halogens is 2. The second-order valence-corrected chi connectivity index (χ2v) is 5.33. The molecule has 0 spiro atoms. The molecule has 0 aromatic heterocycles.